The number of piperazine rings is 1. The van der Waals surface area contributed by atoms with Gasteiger partial charge in [-0.15, -0.1) is 11.3 Å². The number of urea groups is 1. The second-order valence-electron chi connectivity index (χ2n) is 5.92. The van der Waals surface area contributed by atoms with Crippen molar-refractivity contribution >= 4 is 17.4 Å². The lowest BCUT2D eigenvalue weighted by molar-refractivity contribution is 0.136. The molecule has 4 nitrogen and oxygen atoms in total. The molecule has 0 atom stereocenters. The first-order chi connectivity index (χ1) is 11.7. The molecule has 1 saturated heterocycles. The molecule has 2 heterocycles. The van der Waals surface area contributed by atoms with Gasteiger partial charge in [-0.25, -0.2) is 9.18 Å². The van der Waals surface area contributed by atoms with Gasteiger partial charge in [-0.3, -0.25) is 4.90 Å². The second-order valence-corrected chi connectivity index (χ2v) is 6.95. The predicted octanol–water partition coefficient (Wildman–Crippen LogP) is 2.96. The minimum atomic E-state index is -0.214. The number of nitrogens with one attached hydrogen (secondary N) is 1. The Bertz CT molecular complexity index is 654. The van der Waals surface area contributed by atoms with Crippen LogP contribution in [0.5, 0.6) is 0 Å². The average molecular weight is 347 g/mol. The van der Waals surface area contributed by atoms with Crippen molar-refractivity contribution in [2.75, 3.05) is 32.7 Å². The van der Waals surface area contributed by atoms with Crippen LogP contribution in [0.1, 0.15) is 10.4 Å². The zero-order chi connectivity index (χ0) is 16.8. The van der Waals surface area contributed by atoms with Gasteiger partial charge in [-0.2, -0.15) is 0 Å². The van der Waals surface area contributed by atoms with Gasteiger partial charge in [0.1, 0.15) is 5.82 Å². The molecule has 0 spiro atoms. The molecule has 0 aliphatic carbocycles. The third-order valence-corrected chi connectivity index (χ3v) is 5.11. The van der Waals surface area contributed by atoms with Crippen molar-refractivity contribution in [2.45, 2.75) is 13.0 Å². The largest absolute Gasteiger partial charge is 0.338 e. The van der Waals surface area contributed by atoms with Crippen molar-refractivity contribution < 1.29 is 9.18 Å². The van der Waals surface area contributed by atoms with Crippen LogP contribution in [-0.4, -0.2) is 48.6 Å². The number of thiophene rings is 1. The van der Waals surface area contributed by atoms with Crippen LogP contribution in [0, 0.1) is 5.82 Å². The first-order valence-electron chi connectivity index (χ1n) is 8.23. The Morgan fingerprint density at radius 1 is 1.12 bits per heavy atom. The molecule has 1 aliphatic rings. The van der Waals surface area contributed by atoms with Gasteiger partial charge >= 0.3 is 6.03 Å². The maximum Gasteiger partial charge on any atom is 0.317 e. The van der Waals surface area contributed by atoms with E-state index in [-0.39, 0.29) is 11.8 Å². The van der Waals surface area contributed by atoms with Gasteiger partial charge in [0.15, 0.2) is 0 Å². The van der Waals surface area contributed by atoms with Crippen molar-refractivity contribution in [3.8, 4) is 0 Å². The van der Waals surface area contributed by atoms with Crippen molar-refractivity contribution in [3.63, 3.8) is 0 Å². The highest BCUT2D eigenvalue weighted by molar-refractivity contribution is 7.09. The fourth-order valence-corrected chi connectivity index (χ4v) is 3.60. The van der Waals surface area contributed by atoms with Crippen LogP contribution in [0.3, 0.4) is 0 Å². The highest BCUT2D eigenvalue weighted by atomic mass is 32.1. The molecule has 0 bridgehead atoms. The number of halogens is 1. The van der Waals surface area contributed by atoms with Crippen molar-refractivity contribution in [3.05, 3.63) is 58.0 Å². The van der Waals surface area contributed by atoms with Crippen LogP contribution in [0.15, 0.2) is 41.8 Å². The molecule has 6 heteroatoms. The van der Waals surface area contributed by atoms with Crippen molar-refractivity contribution in [1.82, 2.24) is 15.1 Å². The van der Waals surface area contributed by atoms with Crippen LogP contribution in [0.25, 0.3) is 0 Å². The molecule has 1 aliphatic heterocycles. The van der Waals surface area contributed by atoms with Gasteiger partial charge in [0, 0.05) is 44.1 Å². The molecule has 0 saturated carbocycles. The molecule has 24 heavy (non-hydrogen) atoms. The molecule has 128 valence electrons. The smallest absolute Gasteiger partial charge is 0.317 e. The van der Waals surface area contributed by atoms with E-state index < -0.39 is 0 Å². The maximum atomic E-state index is 13.5. The van der Waals surface area contributed by atoms with Gasteiger partial charge in [0.2, 0.25) is 0 Å². The van der Waals surface area contributed by atoms with Crippen molar-refractivity contribution in [2.24, 2.45) is 0 Å². The summed E-state index contributed by atoms with van der Waals surface area (Å²) in [5, 5.41) is 4.98. The standard InChI is InChI=1S/C18H22FN3OS/c19-17-6-2-1-4-15(17)7-8-20-18(23)22-11-9-21(10-12-22)14-16-5-3-13-24-16/h1-6,13H,7-12,14H2,(H,20,23). The first kappa shape index (κ1) is 16.9. The minimum absolute atomic E-state index is 0.0536. The maximum absolute atomic E-state index is 13.5. The van der Waals surface area contributed by atoms with Crippen LogP contribution in [0.2, 0.25) is 0 Å². The average Bonchev–Trinajstić information content (AvgIpc) is 3.10. The lowest BCUT2D eigenvalue weighted by Crippen LogP contribution is -2.51. The van der Waals surface area contributed by atoms with E-state index in [1.807, 2.05) is 11.0 Å². The molecule has 3 rings (SSSR count). The Hall–Kier alpha value is -1.92. The van der Waals surface area contributed by atoms with E-state index in [4.69, 9.17) is 0 Å². The lowest BCUT2D eigenvalue weighted by Gasteiger charge is -2.34. The van der Waals surface area contributed by atoms with E-state index in [1.165, 1.54) is 10.9 Å². The van der Waals surface area contributed by atoms with Crippen LogP contribution in [0.4, 0.5) is 9.18 Å². The zero-order valence-electron chi connectivity index (χ0n) is 13.6. The number of carbonyl (C=O) groups excluding carboxylic acids is 1. The summed E-state index contributed by atoms with van der Waals surface area (Å²) in [6.45, 7) is 4.65. The van der Waals surface area contributed by atoms with Crippen LogP contribution in [-0.2, 0) is 13.0 Å². The van der Waals surface area contributed by atoms with Gasteiger partial charge in [0.05, 0.1) is 0 Å². The van der Waals surface area contributed by atoms with E-state index >= 15 is 0 Å². The Morgan fingerprint density at radius 3 is 2.62 bits per heavy atom. The Labute approximate surface area is 145 Å². The zero-order valence-corrected chi connectivity index (χ0v) is 14.4. The number of benzene rings is 1. The predicted molar refractivity (Wildman–Crippen MR) is 94.7 cm³/mol. The van der Waals surface area contributed by atoms with E-state index in [1.54, 1.807) is 23.5 Å². The molecule has 2 aromatic rings. The molecule has 1 aromatic heterocycles. The topological polar surface area (TPSA) is 35.6 Å². The Balaban J connectivity index is 1.38. The SMILES string of the molecule is O=C(NCCc1ccccc1F)N1CCN(Cc2cccs2)CC1. The van der Waals surface area contributed by atoms with E-state index in [0.717, 1.165) is 32.7 Å². The third-order valence-electron chi connectivity index (χ3n) is 4.25. The summed E-state index contributed by atoms with van der Waals surface area (Å²) in [5.74, 6) is -0.214. The number of hydrogen-bond acceptors (Lipinski definition) is 3. The molecule has 0 radical (unpaired) electrons. The minimum Gasteiger partial charge on any atom is -0.338 e. The van der Waals surface area contributed by atoms with E-state index in [9.17, 15) is 9.18 Å². The van der Waals surface area contributed by atoms with Crippen molar-refractivity contribution in [1.29, 1.82) is 0 Å². The summed E-state index contributed by atoms with van der Waals surface area (Å²) >= 11 is 1.77. The van der Waals surface area contributed by atoms with Crippen LogP contribution < -0.4 is 5.32 Å². The molecule has 2 amide bonds. The summed E-state index contributed by atoms with van der Waals surface area (Å²) < 4.78 is 13.5. The molecular formula is C18H22FN3OS. The summed E-state index contributed by atoms with van der Waals surface area (Å²) in [7, 11) is 0. The number of carbonyl (C=O) groups is 1. The summed E-state index contributed by atoms with van der Waals surface area (Å²) in [4.78, 5) is 17.8. The highest BCUT2D eigenvalue weighted by Gasteiger charge is 2.20. The number of nitrogens with zero attached hydrogens (tertiary/aromatic N) is 2. The third kappa shape index (κ3) is 4.55. The molecular weight excluding hydrogens is 325 g/mol. The summed E-state index contributed by atoms with van der Waals surface area (Å²) in [6.07, 6.45) is 0.511. The Morgan fingerprint density at radius 2 is 1.92 bits per heavy atom. The lowest BCUT2D eigenvalue weighted by atomic mass is 10.1. The Kier molecular flexibility index (Phi) is 5.82. The quantitative estimate of drug-likeness (QED) is 0.903. The highest BCUT2D eigenvalue weighted by Crippen LogP contribution is 2.13. The van der Waals surface area contributed by atoms with E-state index in [2.05, 4.69) is 27.7 Å². The van der Waals surface area contributed by atoms with Gasteiger partial charge in [-0.1, -0.05) is 24.3 Å². The number of hydrogen-bond donors (Lipinski definition) is 1. The fourth-order valence-electron chi connectivity index (χ4n) is 2.85. The monoisotopic (exact) mass is 347 g/mol. The number of rotatable bonds is 5. The second kappa shape index (κ2) is 8.26. The number of amides is 2. The van der Waals surface area contributed by atoms with E-state index in [0.29, 0.717) is 18.5 Å². The van der Waals surface area contributed by atoms with Gasteiger partial charge in [-0.05, 0) is 29.5 Å². The van der Waals surface area contributed by atoms with Gasteiger partial charge < -0.3 is 10.2 Å². The molecule has 1 N–H and O–H groups in total. The summed E-state index contributed by atoms with van der Waals surface area (Å²) in [6, 6.07) is 10.8. The van der Waals surface area contributed by atoms with Crippen LogP contribution >= 0.6 is 11.3 Å². The fraction of sp³-hybridized carbons (Fsp3) is 0.389. The molecule has 1 aromatic carbocycles. The normalized spacial score (nSPS) is 15.5. The first-order valence-corrected chi connectivity index (χ1v) is 9.11. The van der Waals surface area contributed by atoms with Gasteiger partial charge in [0.25, 0.3) is 0 Å². The molecule has 1 fully saturated rings. The summed E-state index contributed by atoms with van der Waals surface area (Å²) in [5.41, 5.74) is 0.638. The molecule has 0 unspecified atom stereocenters.